The fourth-order valence-corrected chi connectivity index (χ4v) is 2.47. The fraction of sp³-hybridized carbons (Fsp3) is 0.600. The number of pyridine rings is 1. The van der Waals surface area contributed by atoms with E-state index in [0.29, 0.717) is 23.6 Å². The lowest BCUT2D eigenvalue weighted by Gasteiger charge is -2.19. The third kappa shape index (κ3) is 5.83. The molecule has 0 radical (unpaired) electrons. The molecular weight excluding hydrogens is 286 g/mol. The van der Waals surface area contributed by atoms with Crippen molar-refractivity contribution in [2.45, 2.75) is 45.6 Å². The third-order valence-electron chi connectivity index (χ3n) is 3.09. The molecule has 21 heavy (non-hydrogen) atoms. The number of rotatable bonds is 5. The van der Waals surface area contributed by atoms with Crippen molar-refractivity contribution in [3.63, 3.8) is 0 Å². The Morgan fingerprint density at radius 1 is 1.43 bits per heavy atom. The first kappa shape index (κ1) is 17.6. The van der Waals surface area contributed by atoms with Crippen LogP contribution in [0.1, 0.15) is 50.2 Å². The van der Waals surface area contributed by atoms with Crippen LogP contribution in [0.5, 0.6) is 0 Å². The van der Waals surface area contributed by atoms with Crippen LogP contribution in [0.2, 0.25) is 0 Å². The number of anilines is 1. The highest BCUT2D eigenvalue weighted by atomic mass is 32.2. The Bertz CT molecular complexity index is 538. The lowest BCUT2D eigenvalue weighted by atomic mass is 9.90. The Hall–Kier alpha value is -1.43. The molecule has 1 aromatic heterocycles. The number of carbonyl (C=O) groups excluding carboxylic acids is 1. The minimum absolute atomic E-state index is 0.0334. The van der Waals surface area contributed by atoms with Crippen LogP contribution in [0.15, 0.2) is 12.1 Å². The van der Waals surface area contributed by atoms with Gasteiger partial charge in [0.1, 0.15) is 5.82 Å². The zero-order valence-corrected chi connectivity index (χ0v) is 14.2. The van der Waals surface area contributed by atoms with Crippen molar-refractivity contribution in [3.05, 3.63) is 23.4 Å². The molecule has 2 unspecified atom stereocenters. The van der Waals surface area contributed by atoms with Gasteiger partial charge in [0.15, 0.2) is 0 Å². The molecule has 0 aliphatic carbocycles. The molecule has 1 aromatic rings. The van der Waals surface area contributed by atoms with Crippen molar-refractivity contribution in [1.82, 2.24) is 10.3 Å². The second-order valence-corrected chi connectivity index (χ2v) is 7.91. The third-order valence-corrected chi connectivity index (χ3v) is 3.90. The summed E-state index contributed by atoms with van der Waals surface area (Å²) in [5.41, 5.74) is 6.92. The molecule has 118 valence electrons. The second kappa shape index (κ2) is 7.02. The van der Waals surface area contributed by atoms with E-state index < -0.39 is 10.8 Å². The van der Waals surface area contributed by atoms with E-state index in [1.165, 1.54) is 0 Å². The topological polar surface area (TPSA) is 85.1 Å². The van der Waals surface area contributed by atoms with Gasteiger partial charge in [0.05, 0.1) is 0 Å². The molecule has 0 spiro atoms. The highest BCUT2D eigenvalue weighted by Gasteiger charge is 2.19. The van der Waals surface area contributed by atoms with E-state index in [1.807, 2.05) is 27.7 Å². The smallest absolute Gasteiger partial charge is 0.251 e. The van der Waals surface area contributed by atoms with Gasteiger partial charge in [-0.2, -0.15) is 0 Å². The number of amides is 1. The van der Waals surface area contributed by atoms with Crippen molar-refractivity contribution >= 4 is 22.5 Å². The summed E-state index contributed by atoms with van der Waals surface area (Å²) in [4.78, 5) is 16.5. The van der Waals surface area contributed by atoms with Gasteiger partial charge in [-0.05, 0) is 25.5 Å². The van der Waals surface area contributed by atoms with Gasteiger partial charge in [0.25, 0.3) is 5.91 Å². The van der Waals surface area contributed by atoms with Gasteiger partial charge in [0, 0.05) is 45.5 Å². The zero-order chi connectivity index (χ0) is 16.2. The number of nitrogens with one attached hydrogen (secondary N) is 1. The number of nitrogen functional groups attached to an aromatic ring is 1. The maximum absolute atomic E-state index is 12.3. The van der Waals surface area contributed by atoms with Crippen molar-refractivity contribution in [2.24, 2.45) is 0 Å². The average molecular weight is 311 g/mol. The van der Waals surface area contributed by atoms with Crippen LogP contribution in [0.4, 0.5) is 5.82 Å². The maximum atomic E-state index is 12.3. The van der Waals surface area contributed by atoms with Gasteiger partial charge in [-0.3, -0.25) is 9.00 Å². The first-order chi connectivity index (χ1) is 9.59. The van der Waals surface area contributed by atoms with E-state index in [0.717, 1.165) is 5.69 Å². The summed E-state index contributed by atoms with van der Waals surface area (Å²) in [6, 6.07) is 3.32. The minimum Gasteiger partial charge on any atom is -0.384 e. The number of nitrogens with two attached hydrogens (primary N) is 1. The molecule has 2 atom stereocenters. The van der Waals surface area contributed by atoms with Crippen LogP contribution < -0.4 is 11.1 Å². The molecule has 0 bridgehead atoms. The molecule has 1 rings (SSSR count). The van der Waals surface area contributed by atoms with Crippen molar-refractivity contribution in [1.29, 1.82) is 0 Å². The standard InChI is InChI=1S/C15H25N3O2S/c1-10(6-7-21(5)20)17-14(19)11-8-12(15(2,3)4)18-13(16)9-11/h8-10H,6-7H2,1-5H3,(H2,16,18)(H,17,19). The number of hydrogen-bond acceptors (Lipinski definition) is 4. The molecular formula is C15H25N3O2S. The van der Waals surface area contributed by atoms with Gasteiger partial charge < -0.3 is 11.1 Å². The molecule has 0 fully saturated rings. The highest BCUT2D eigenvalue weighted by molar-refractivity contribution is 7.84. The van der Waals surface area contributed by atoms with Gasteiger partial charge in [-0.1, -0.05) is 20.8 Å². The predicted molar refractivity (Wildman–Crippen MR) is 87.8 cm³/mol. The Kier molecular flexibility index (Phi) is 5.89. The van der Waals surface area contributed by atoms with Crippen molar-refractivity contribution in [2.75, 3.05) is 17.7 Å². The zero-order valence-electron chi connectivity index (χ0n) is 13.4. The molecule has 0 saturated carbocycles. The molecule has 0 aliphatic rings. The molecule has 0 saturated heterocycles. The predicted octanol–water partition coefficient (Wildman–Crippen LogP) is 1.85. The summed E-state index contributed by atoms with van der Waals surface area (Å²) in [6.45, 7) is 7.97. The Morgan fingerprint density at radius 3 is 2.57 bits per heavy atom. The maximum Gasteiger partial charge on any atom is 0.251 e. The van der Waals surface area contributed by atoms with Crippen molar-refractivity contribution < 1.29 is 9.00 Å². The molecule has 3 N–H and O–H groups in total. The number of hydrogen-bond donors (Lipinski definition) is 2. The normalized spacial score (nSPS) is 14.5. The van der Waals surface area contributed by atoms with E-state index in [1.54, 1.807) is 18.4 Å². The summed E-state index contributed by atoms with van der Waals surface area (Å²) < 4.78 is 11.1. The van der Waals surface area contributed by atoms with Crippen LogP contribution in [0, 0.1) is 0 Å². The second-order valence-electron chi connectivity index (χ2n) is 6.36. The average Bonchev–Trinajstić information content (AvgIpc) is 2.34. The van der Waals surface area contributed by atoms with Crippen LogP contribution in [-0.2, 0) is 16.2 Å². The summed E-state index contributed by atoms with van der Waals surface area (Å²) in [5.74, 6) is 0.742. The summed E-state index contributed by atoms with van der Waals surface area (Å²) in [7, 11) is -0.846. The quantitative estimate of drug-likeness (QED) is 0.869. The first-order valence-corrected chi connectivity index (χ1v) is 8.71. The van der Waals surface area contributed by atoms with Crippen molar-refractivity contribution in [3.8, 4) is 0 Å². The Labute approximate surface area is 129 Å². The summed E-state index contributed by atoms with van der Waals surface area (Å²) in [5, 5.41) is 2.90. The van der Waals surface area contributed by atoms with E-state index in [2.05, 4.69) is 10.3 Å². The number of aromatic nitrogens is 1. The number of carbonyl (C=O) groups is 1. The van der Waals surface area contributed by atoms with Gasteiger partial charge >= 0.3 is 0 Å². The molecule has 5 nitrogen and oxygen atoms in total. The minimum atomic E-state index is -0.846. The van der Waals surface area contributed by atoms with E-state index >= 15 is 0 Å². The summed E-state index contributed by atoms with van der Waals surface area (Å²) >= 11 is 0. The largest absolute Gasteiger partial charge is 0.384 e. The lowest BCUT2D eigenvalue weighted by Crippen LogP contribution is -2.34. The molecule has 6 heteroatoms. The van der Waals surface area contributed by atoms with Gasteiger partial charge in [-0.15, -0.1) is 0 Å². The molecule has 0 aromatic carbocycles. The SMILES string of the molecule is CC(CCS(C)=O)NC(=O)c1cc(N)nc(C(C)(C)C)c1. The van der Waals surface area contributed by atoms with Crippen LogP contribution in [0.3, 0.4) is 0 Å². The van der Waals surface area contributed by atoms with E-state index in [-0.39, 0.29) is 17.4 Å². The fourth-order valence-electron chi connectivity index (χ4n) is 1.79. The Morgan fingerprint density at radius 2 is 2.05 bits per heavy atom. The molecule has 1 amide bonds. The van der Waals surface area contributed by atoms with Crippen LogP contribution in [0.25, 0.3) is 0 Å². The lowest BCUT2D eigenvalue weighted by molar-refractivity contribution is 0.0939. The number of nitrogens with zero attached hydrogens (tertiary/aromatic N) is 1. The first-order valence-electron chi connectivity index (χ1n) is 6.98. The van der Waals surface area contributed by atoms with Crippen LogP contribution in [-0.4, -0.2) is 33.2 Å². The van der Waals surface area contributed by atoms with Crippen LogP contribution >= 0.6 is 0 Å². The van der Waals surface area contributed by atoms with E-state index in [9.17, 15) is 9.00 Å². The highest BCUT2D eigenvalue weighted by Crippen LogP contribution is 2.22. The monoisotopic (exact) mass is 311 g/mol. The van der Waals surface area contributed by atoms with Gasteiger partial charge in [0.2, 0.25) is 0 Å². The van der Waals surface area contributed by atoms with E-state index in [4.69, 9.17) is 5.73 Å². The molecule has 1 heterocycles. The van der Waals surface area contributed by atoms with Gasteiger partial charge in [-0.25, -0.2) is 4.98 Å². The summed E-state index contributed by atoms with van der Waals surface area (Å²) in [6.07, 6.45) is 2.34. The Balaban J connectivity index is 2.83. The molecule has 0 aliphatic heterocycles.